The van der Waals surface area contributed by atoms with Gasteiger partial charge in [-0.1, -0.05) is 35.3 Å². The molecule has 1 fully saturated rings. The van der Waals surface area contributed by atoms with Gasteiger partial charge >= 0.3 is 0 Å². The Bertz CT molecular complexity index is 1040. The van der Waals surface area contributed by atoms with E-state index >= 15 is 0 Å². The van der Waals surface area contributed by atoms with Crippen molar-refractivity contribution >= 4 is 50.5 Å². The molecule has 1 amide bonds. The van der Waals surface area contributed by atoms with Gasteiger partial charge in [-0.25, -0.2) is 8.42 Å². The lowest BCUT2D eigenvalue weighted by Crippen LogP contribution is -2.49. The summed E-state index contributed by atoms with van der Waals surface area (Å²) >= 11 is 12.1. The fourth-order valence-electron chi connectivity index (χ4n) is 3.77. The first-order valence-electron chi connectivity index (χ1n) is 10.2. The Balaban J connectivity index is 1.53. The number of carbonyl (C=O) groups excluding carboxylic acids is 1. The zero-order valence-electron chi connectivity index (χ0n) is 17.7. The molecule has 6 nitrogen and oxygen atoms in total. The maximum absolute atomic E-state index is 12.7. The van der Waals surface area contributed by atoms with Gasteiger partial charge in [-0.2, -0.15) is 0 Å². The molecule has 9 heteroatoms. The number of piperazine rings is 1. The van der Waals surface area contributed by atoms with Crippen LogP contribution in [0.5, 0.6) is 0 Å². The van der Waals surface area contributed by atoms with E-state index in [1.54, 1.807) is 24.3 Å². The third-order valence-corrected chi connectivity index (χ3v) is 7.06. The Kier molecular flexibility index (Phi) is 7.73. The van der Waals surface area contributed by atoms with E-state index in [1.807, 2.05) is 23.1 Å². The van der Waals surface area contributed by atoms with Crippen LogP contribution in [0, 0.1) is 6.92 Å². The first-order chi connectivity index (χ1) is 14.6. The van der Waals surface area contributed by atoms with E-state index in [-0.39, 0.29) is 12.5 Å². The van der Waals surface area contributed by atoms with Crippen molar-refractivity contribution in [3.8, 4) is 0 Å². The Hall–Kier alpha value is -1.96. The summed E-state index contributed by atoms with van der Waals surface area (Å²) in [6.45, 7) is 5.03. The third kappa shape index (κ3) is 6.28. The lowest BCUT2D eigenvalue weighted by atomic mass is 10.1. The fraction of sp³-hybridized carbons (Fsp3) is 0.409. The number of hydrogen-bond acceptors (Lipinski definition) is 4. The maximum atomic E-state index is 12.7. The molecule has 1 aliphatic heterocycles. The summed E-state index contributed by atoms with van der Waals surface area (Å²) in [7, 11) is -3.47. The molecule has 3 rings (SSSR count). The molecule has 0 atom stereocenters. The van der Waals surface area contributed by atoms with Gasteiger partial charge in [0, 0.05) is 54.9 Å². The number of anilines is 2. The van der Waals surface area contributed by atoms with Gasteiger partial charge in [-0.05, 0) is 49.2 Å². The largest absolute Gasteiger partial charge is 0.368 e. The first kappa shape index (κ1) is 23.7. The van der Waals surface area contributed by atoms with Crippen molar-refractivity contribution in [2.24, 2.45) is 0 Å². The molecule has 0 spiro atoms. The zero-order chi connectivity index (χ0) is 22.6. The Labute approximate surface area is 194 Å². The topological polar surface area (TPSA) is 60.9 Å². The normalized spacial score (nSPS) is 14.6. The Morgan fingerprint density at radius 1 is 1.03 bits per heavy atom. The monoisotopic (exact) mass is 483 g/mol. The molecule has 1 heterocycles. The van der Waals surface area contributed by atoms with Crippen LogP contribution in [0.15, 0.2) is 42.5 Å². The molecule has 0 radical (unpaired) electrons. The van der Waals surface area contributed by atoms with Crippen LogP contribution in [0.3, 0.4) is 0 Å². The number of halogens is 2. The van der Waals surface area contributed by atoms with Crippen molar-refractivity contribution < 1.29 is 13.2 Å². The molecule has 168 valence electrons. The van der Waals surface area contributed by atoms with Gasteiger partial charge in [-0.3, -0.25) is 9.10 Å². The lowest BCUT2D eigenvalue weighted by Gasteiger charge is -2.37. The number of nitrogens with zero attached hydrogens (tertiary/aromatic N) is 3. The molecule has 1 aliphatic rings. The second-order valence-electron chi connectivity index (χ2n) is 7.72. The van der Waals surface area contributed by atoms with Crippen LogP contribution in [-0.2, 0) is 14.8 Å². The Morgan fingerprint density at radius 2 is 1.71 bits per heavy atom. The van der Waals surface area contributed by atoms with Gasteiger partial charge in [0.05, 0.1) is 11.9 Å². The van der Waals surface area contributed by atoms with E-state index in [0.717, 1.165) is 30.6 Å². The van der Waals surface area contributed by atoms with Crippen molar-refractivity contribution in [3.63, 3.8) is 0 Å². The smallest absolute Gasteiger partial charge is 0.232 e. The van der Waals surface area contributed by atoms with Gasteiger partial charge in [0.1, 0.15) is 0 Å². The van der Waals surface area contributed by atoms with Gasteiger partial charge in [0.25, 0.3) is 0 Å². The van der Waals surface area contributed by atoms with E-state index in [2.05, 4.69) is 11.8 Å². The standard InChI is InChI=1S/C22H27Cl2N3O3S/c1-17-8-9-19(24)16-21(17)25-11-13-26(14-12-25)22(28)7-4-10-27(31(2,29)30)20-6-3-5-18(23)15-20/h3,5-6,8-9,15-16H,4,7,10-14H2,1-2H3. The molecule has 2 aromatic rings. The van der Waals surface area contributed by atoms with E-state index in [0.29, 0.717) is 41.7 Å². The van der Waals surface area contributed by atoms with Crippen LogP contribution in [0.25, 0.3) is 0 Å². The highest BCUT2D eigenvalue weighted by molar-refractivity contribution is 7.92. The van der Waals surface area contributed by atoms with E-state index in [9.17, 15) is 13.2 Å². The van der Waals surface area contributed by atoms with E-state index < -0.39 is 10.0 Å². The Morgan fingerprint density at radius 3 is 2.35 bits per heavy atom. The number of benzene rings is 2. The van der Waals surface area contributed by atoms with Crippen LogP contribution < -0.4 is 9.21 Å². The molecule has 31 heavy (non-hydrogen) atoms. The van der Waals surface area contributed by atoms with Crippen molar-refractivity contribution in [2.45, 2.75) is 19.8 Å². The third-order valence-electron chi connectivity index (χ3n) is 5.39. The first-order valence-corrected chi connectivity index (χ1v) is 12.8. The maximum Gasteiger partial charge on any atom is 0.232 e. The molecule has 0 N–H and O–H groups in total. The lowest BCUT2D eigenvalue weighted by molar-refractivity contribution is -0.131. The molecule has 0 aliphatic carbocycles. The average Bonchev–Trinajstić information content (AvgIpc) is 2.72. The zero-order valence-corrected chi connectivity index (χ0v) is 20.1. The summed E-state index contributed by atoms with van der Waals surface area (Å²) in [5.74, 6) is 0.0435. The van der Waals surface area contributed by atoms with Crippen LogP contribution in [-0.4, -0.2) is 58.2 Å². The van der Waals surface area contributed by atoms with Crippen LogP contribution >= 0.6 is 23.2 Å². The number of sulfonamides is 1. The van der Waals surface area contributed by atoms with Gasteiger partial charge in [0.15, 0.2) is 0 Å². The minimum absolute atomic E-state index is 0.0435. The van der Waals surface area contributed by atoms with E-state index in [4.69, 9.17) is 23.2 Å². The summed E-state index contributed by atoms with van der Waals surface area (Å²) in [4.78, 5) is 16.8. The van der Waals surface area contributed by atoms with Crippen molar-refractivity contribution in [1.29, 1.82) is 0 Å². The molecule has 0 unspecified atom stereocenters. The van der Waals surface area contributed by atoms with Crippen molar-refractivity contribution in [1.82, 2.24) is 4.90 Å². The van der Waals surface area contributed by atoms with Crippen molar-refractivity contribution in [2.75, 3.05) is 48.2 Å². The predicted molar refractivity (Wildman–Crippen MR) is 128 cm³/mol. The summed E-state index contributed by atoms with van der Waals surface area (Å²) < 4.78 is 25.7. The molecule has 1 saturated heterocycles. The minimum atomic E-state index is -3.47. The van der Waals surface area contributed by atoms with Crippen LogP contribution in [0.2, 0.25) is 10.0 Å². The number of amides is 1. The summed E-state index contributed by atoms with van der Waals surface area (Å²) in [6.07, 6.45) is 1.89. The summed E-state index contributed by atoms with van der Waals surface area (Å²) in [5, 5.41) is 1.17. The molecular formula is C22H27Cl2N3O3S. The SMILES string of the molecule is Cc1ccc(Cl)cc1N1CCN(C(=O)CCCN(c2cccc(Cl)c2)S(C)(=O)=O)CC1. The van der Waals surface area contributed by atoms with Gasteiger partial charge < -0.3 is 9.80 Å². The highest BCUT2D eigenvalue weighted by Crippen LogP contribution is 2.26. The number of carbonyl (C=O) groups is 1. The molecule has 0 aromatic heterocycles. The number of aryl methyl sites for hydroxylation is 1. The molecule has 2 aromatic carbocycles. The summed E-state index contributed by atoms with van der Waals surface area (Å²) in [6, 6.07) is 12.6. The second-order valence-corrected chi connectivity index (χ2v) is 10.5. The fourth-order valence-corrected chi connectivity index (χ4v) is 5.08. The second kappa shape index (κ2) is 10.1. The summed E-state index contributed by atoms with van der Waals surface area (Å²) in [5.41, 5.74) is 2.77. The predicted octanol–water partition coefficient (Wildman–Crippen LogP) is 4.20. The molecular weight excluding hydrogens is 457 g/mol. The average molecular weight is 484 g/mol. The van der Waals surface area contributed by atoms with Crippen molar-refractivity contribution in [3.05, 3.63) is 58.1 Å². The molecule has 0 bridgehead atoms. The van der Waals surface area contributed by atoms with Crippen LogP contribution in [0.4, 0.5) is 11.4 Å². The highest BCUT2D eigenvalue weighted by Gasteiger charge is 2.23. The number of rotatable bonds is 7. The number of hydrogen-bond donors (Lipinski definition) is 0. The van der Waals surface area contributed by atoms with Gasteiger partial charge in [-0.15, -0.1) is 0 Å². The molecule has 0 saturated carbocycles. The highest BCUT2D eigenvalue weighted by atomic mass is 35.5. The van der Waals surface area contributed by atoms with Gasteiger partial charge in [0.2, 0.25) is 15.9 Å². The minimum Gasteiger partial charge on any atom is -0.368 e. The quantitative estimate of drug-likeness (QED) is 0.591. The van der Waals surface area contributed by atoms with E-state index in [1.165, 1.54) is 4.31 Å². The van der Waals surface area contributed by atoms with Crippen LogP contribution in [0.1, 0.15) is 18.4 Å².